The molecular formula is C12H10N2O3. The molecule has 0 aliphatic heterocycles. The quantitative estimate of drug-likeness (QED) is 0.472. The largest absolute Gasteiger partial charge is 0.594 e. The van der Waals surface area contributed by atoms with Gasteiger partial charge in [-0.25, -0.2) is 0 Å². The molecule has 0 unspecified atom stereocenters. The van der Waals surface area contributed by atoms with Gasteiger partial charge in [-0.15, -0.1) is 0 Å². The van der Waals surface area contributed by atoms with Crippen LogP contribution in [0.25, 0.3) is 0 Å². The van der Waals surface area contributed by atoms with Gasteiger partial charge in [-0.2, -0.15) is 0 Å². The van der Waals surface area contributed by atoms with Crippen molar-refractivity contribution in [1.29, 1.82) is 0 Å². The minimum atomic E-state index is 0.0896. The van der Waals surface area contributed by atoms with Gasteiger partial charge >= 0.3 is 0 Å². The fraction of sp³-hybridized carbons (Fsp3) is 0. The Morgan fingerprint density at radius 2 is 1.29 bits per heavy atom. The number of aromatic hydroxyl groups is 2. The number of phenols is 2. The van der Waals surface area contributed by atoms with E-state index in [0.717, 1.165) is 0 Å². The molecule has 2 aromatic carbocycles. The minimum Gasteiger partial charge on any atom is -0.594 e. The van der Waals surface area contributed by atoms with Crippen molar-refractivity contribution < 1.29 is 15.1 Å². The summed E-state index contributed by atoms with van der Waals surface area (Å²) in [6.07, 6.45) is 0. The van der Waals surface area contributed by atoms with Crippen LogP contribution in [0.3, 0.4) is 0 Å². The molecule has 0 bridgehead atoms. The van der Waals surface area contributed by atoms with E-state index in [1.54, 1.807) is 0 Å². The van der Waals surface area contributed by atoms with Crippen LogP contribution >= 0.6 is 0 Å². The second-order valence-corrected chi connectivity index (χ2v) is 3.41. The molecule has 0 heterocycles. The van der Waals surface area contributed by atoms with Crippen LogP contribution in [0.1, 0.15) is 0 Å². The maximum Gasteiger partial charge on any atom is 0.245 e. The molecule has 5 nitrogen and oxygen atoms in total. The number of azo groups is 1. The van der Waals surface area contributed by atoms with Crippen LogP contribution in [0.5, 0.6) is 11.5 Å². The second kappa shape index (κ2) is 4.52. The zero-order chi connectivity index (χ0) is 12.3. The Morgan fingerprint density at radius 1 is 0.824 bits per heavy atom. The molecule has 0 fully saturated rings. The van der Waals surface area contributed by atoms with E-state index >= 15 is 0 Å². The third kappa shape index (κ3) is 2.72. The number of benzene rings is 2. The summed E-state index contributed by atoms with van der Waals surface area (Å²) >= 11 is 0. The van der Waals surface area contributed by atoms with E-state index < -0.39 is 0 Å². The first-order valence-corrected chi connectivity index (χ1v) is 4.92. The molecule has 86 valence electrons. The molecule has 0 aliphatic carbocycles. The minimum absolute atomic E-state index is 0.0896. The molecule has 2 aromatic rings. The van der Waals surface area contributed by atoms with E-state index in [4.69, 9.17) is 10.2 Å². The standard InChI is InChI=1S/C12H10N2O3/c15-11-5-1-9(2-6-11)13-14(17)10-3-7-12(16)8-4-10/h1-8,15-16H. The molecule has 0 saturated carbocycles. The molecule has 0 aliphatic rings. The van der Waals surface area contributed by atoms with E-state index in [9.17, 15) is 5.21 Å². The molecule has 0 spiro atoms. The maximum atomic E-state index is 11.6. The van der Waals surface area contributed by atoms with Crippen LogP contribution in [0, 0.1) is 5.21 Å². The SMILES string of the molecule is [O-][N+](=Nc1ccc(O)cc1)c1ccc(O)cc1. The van der Waals surface area contributed by atoms with Crippen molar-refractivity contribution in [3.05, 3.63) is 53.7 Å². The number of phenolic OH excluding ortho intramolecular Hbond substituents is 2. The van der Waals surface area contributed by atoms with Gasteiger partial charge in [0.2, 0.25) is 5.69 Å². The highest BCUT2D eigenvalue weighted by Gasteiger charge is 2.03. The normalized spacial score (nSPS) is 11.4. The van der Waals surface area contributed by atoms with Gasteiger partial charge in [0.25, 0.3) is 0 Å². The lowest BCUT2D eigenvalue weighted by Crippen LogP contribution is -1.89. The van der Waals surface area contributed by atoms with E-state index in [1.165, 1.54) is 48.5 Å². The van der Waals surface area contributed by atoms with Crippen LogP contribution < -0.4 is 0 Å². The Morgan fingerprint density at radius 3 is 1.82 bits per heavy atom. The highest BCUT2D eigenvalue weighted by Crippen LogP contribution is 2.21. The van der Waals surface area contributed by atoms with Crippen molar-refractivity contribution in [2.75, 3.05) is 0 Å². The van der Waals surface area contributed by atoms with E-state index in [0.29, 0.717) is 16.2 Å². The van der Waals surface area contributed by atoms with Gasteiger partial charge in [0.05, 0.1) is 0 Å². The number of hydrogen-bond donors (Lipinski definition) is 2. The van der Waals surface area contributed by atoms with Crippen LogP contribution in [0.2, 0.25) is 0 Å². The fourth-order valence-electron chi connectivity index (χ4n) is 1.26. The summed E-state index contributed by atoms with van der Waals surface area (Å²) in [7, 11) is 0. The maximum absolute atomic E-state index is 11.6. The van der Waals surface area contributed by atoms with Gasteiger partial charge in [-0.1, -0.05) is 4.86 Å². The van der Waals surface area contributed by atoms with Crippen molar-refractivity contribution in [3.63, 3.8) is 0 Å². The fourth-order valence-corrected chi connectivity index (χ4v) is 1.26. The smallest absolute Gasteiger partial charge is 0.245 e. The molecular weight excluding hydrogens is 220 g/mol. The number of rotatable bonds is 2. The Balaban J connectivity index is 2.27. The summed E-state index contributed by atoms with van der Waals surface area (Å²) in [5.74, 6) is 0.206. The van der Waals surface area contributed by atoms with Crippen LogP contribution in [0.15, 0.2) is 53.6 Å². The third-order valence-corrected chi connectivity index (χ3v) is 2.13. The summed E-state index contributed by atoms with van der Waals surface area (Å²) in [4.78, 5) is 0.450. The van der Waals surface area contributed by atoms with Gasteiger partial charge < -0.3 is 15.4 Å². The van der Waals surface area contributed by atoms with E-state index in [2.05, 4.69) is 5.11 Å². The molecule has 0 radical (unpaired) electrons. The van der Waals surface area contributed by atoms with Crippen LogP contribution in [0.4, 0.5) is 11.4 Å². The van der Waals surface area contributed by atoms with Crippen LogP contribution in [-0.4, -0.2) is 15.1 Å². The summed E-state index contributed by atoms with van der Waals surface area (Å²) in [6.45, 7) is 0. The highest BCUT2D eigenvalue weighted by molar-refractivity contribution is 5.40. The Bertz CT molecular complexity index is 533. The predicted octanol–water partition coefficient (Wildman–Crippen LogP) is 3.02. The third-order valence-electron chi connectivity index (χ3n) is 2.13. The number of hydrogen-bond acceptors (Lipinski definition) is 4. The Hall–Kier alpha value is -2.56. The Kier molecular flexibility index (Phi) is 2.91. The molecule has 2 N–H and O–H groups in total. The van der Waals surface area contributed by atoms with Gasteiger partial charge in [0, 0.05) is 17.2 Å². The van der Waals surface area contributed by atoms with E-state index in [-0.39, 0.29) is 11.5 Å². The van der Waals surface area contributed by atoms with E-state index in [1.807, 2.05) is 0 Å². The first kappa shape index (κ1) is 10.9. The van der Waals surface area contributed by atoms with Crippen molar-refractivity contribution in [1.82, 2.24) is 0 Å². The van der Waals surface area contributed by atoms with Gasteiger partial charge in [-0.3, -0.25) is 0 Å². The molecule has 5 heteroatoms. The average Bonchev–Trinajstić information content (AvgIpc) is 2.33. The molecule has 0 saturated heterocycles. The monoisotopic (exact) mass is 230 g/mol. The van der Waals surface area contributed by atoms with Crippen LogP contribution in [-0.2, 0) is 0 Å². The lowest BCUT2D eigenvalue weighted by atomic mass is 10.3. The zero-order valence-corrected chi connectivity index (χ0v) is 8.82. The predicted molar refractivity (Wildman–Crippen MR) is 61.6 cm³/mol. The molecule has 17 heavy (non-hydrogen) atoms. The second-order valence-electron chi connectivity index (χ2n) is 3.41. The highest BCUT2D eigenvalue weighted by atomic mass is 16.5. The summed E-state index contributed by atoms with van der Waals surface area (Å²) in [5.41, 5.74) is 0.752. The Labute approximate surface area is 97.5 Å². The van der Waals surface area contributed by atoms with Crippen molar-refractivity contribution in [2.24, 2.45) is 5.11 Å². The molecule has 0 amide bonds. The average molecular weight is 230 g/mol. The summed E-state index contributed by atoms with van der Waals surface area (Å²) in [5, 5.41) is 33.6. The molecule has 0 aromatic heterocycles. The van der Waals surface area contributed by atoms with Gasteiger partial charge in [0.15, 0.2) is 0 Å². The summed E-state index contributed by atoms with van der Waals surface area (Å²) in [6, 6.07) is 11.7. The lowest BCUT2D eigenvalue weighted by Gasteiger charge is -1.99. The van der Waals surface area contributed by atoms with Crippen molar-refractivity contribution >= 4 is 11.4 Å². The molecule has 2 rings (SSSR count). The summed E-state index contributed by atoms with van der Waals surface area (Å²) < 4.78 is 0. The van der Waals surface area contributed by atoms with Crippen molar-refractivity contribution in [3.8, 4) is 11.5 Å². The van der Waals surface area contributed by atoms with Crippen molar-refractivity contribution in [2.45, 2.75) is 0 Å². The lowest BCUT2D eigenvalue weighted by molar-refractivity contribution is -0.435. The van der Waals surface area contributed by atoms with Gasteiger partial charge in [0.1, 0.15) is 17.2 Å². The number of nitrogens with zero attached hydrogens (tertiary/aromatic N) is 2. The topological polar surface area (TPSA) is 78.9 Å². The first-order valence-electron chi connectivity index (χ1n) is 4.92. The zero-order valence-electron chi connectivity index (χ0n) is 8.82. The molecule has 0 atom stereocenters. The first-order chi connectivity index (χ1) is 8.15. The van der Waals surface area contributed by atoms with Gasteiger partial charge in [-0.05, 0) is 36.4 Å².